The Morgan fingerprint density at radius 2 is 1.95 bits per heavy atom. The molecule has 0 saturated carbocycles. The molecule has 2 heterocycles. The minimum Gasteiger partial charge on any atom is -0.440 e. The molecule has 19 heavy (non-hydrogen) atoms. The number of hydrogen-bond donors (Lipinski definition) is 1. The van der Waals surface area contributed by atoms with Crippen LogP contribution in [0.5, 0.6) is 0 Å². The van der Waals surface area contributed by atoms with E-state index in [0.717, 1.165) is 11.0 Å². The molecule has 0 spiro atoms. The average Bonchev–Trinajstić information content (AvgIpc) is 2.94. The monoisotopic (exact) mass is 277 g/mol. The van der Waals surface area contributed by atoms with E-state index in [-0.39, 0.29) is 5.09 Å². The Morgan fingerprint density at radius 1 is 1.21 bits per heavy atom. The zero-order chi connectivity index (χ0) is 13.6. The number of aromatic nitrogens is 2. The smallest absolute Gasteiger partial charge is 0.271 e. The summed E-state index contributed by atoms with van der Waals surface area (Å²) in [5, 5.41) is 4.74. The molecule has 0 aliphatic carbocycles. The van der Waals surface area contributed by atoms with E-state index in [4.69, 9.17) is 9.56 Å². The molecule has 0 atom stereocenters. The molecule has 0 fully saturated rings. The number of nitrogens with two attached hydrogens (primary N) is 1. The number of sulfonamides is 1. The predicted molar refractivity (Wildman–Crippen MR) is 69.8 cm³/mol. The van der Waals surface area contributed by atoms with Gasteiger partial charge in [-0.15, -0.1) is 0 Å². The second-order valence-corrected chi connectivity index (χ2v) is 5.64. The number of fused-ring (bicyclic) bond motifs is 1. The molecule has 0 radical (unpaired) electrons. The van der Waals surface area contributed by atoms with Crippen LogP contribution in [0.25, 0.3) is 22.6 Å². The molecule has 6 nitrogen and oxygen atoms in total. The van der Waals surface area contributed by atoms with Gasteiger partial charge in [-0.25, -0.2) is 18.5 Å². The third-order valence-electron chi connectivity index (χ3n) is 2.87. The van der Waals surface area contributed by atoms with E-state index < -0.39 is 10.0 Å². The fourth-order valence-corrected chi connectivity index (χ4v) is 2.42. The molecule has 0 aliphatic rings. The molecule has 2 aromatic heterocycles. The first kappa shape index (κ1) is 11.9. The summed E-state index contributed by atoms with van der Waals surface area (Å²) in [6, 6.07) is 10.5. The van der Waals surface area contributed by atoms with Gasteiger partial charge in [-0.05, 0) is 24.3 Å². The number of hydrogen-bond acceptors (Lipinski definition) is 4. The molecule has 0 amide bonds. The van der Waals surface area contributed by atoms with Crippen LogP contribution in [-0.4, -0.2) is 18.0 Å². The number of aryl methyl sites for hydroxylation is 1. The largest absolute Gasteiger partial charge is 0.440 e. The summed E-state index contributed by atoms with van der Waals surface area (Å²) in [5.41, 5.74) is 1.75. The van der Waals surface area contributed by atoms with Crippen molar-refractivity contribution in [3.05, 3.63) is 36.4 Å². The summed E-state index contributed by atoms with van der Waals surface area (Å²) in [6.45, 7) is 0. The highest BCUT2D eigenvalue weighted by Crippen LogP contribution is 2.26. The molecule has 1 aromatic carbocycles. The van der Waals surface area contributed by atoms with E-state index in [1.54, 1.807) is 6.07 Å². The SMILES string of the molecule is Cn1c(-c2ccc(S(N)(=O)=O)o2)nc2ccccc21. The average molecular weight is 277 g/mol. The lowest BCUT2D eigenvalue weighted by Gasteiger charge is -1.98. The van der Waals surface area contributed by atoms with E-state index in [1.165, 1.54) is 6.07 Å². The van der Waals surface area contributed by atoms with Gasteiger partial charge in [0.1, 0.15) is 0 Å². The molecule has 3 rings (SSSR count). The van der Waals surface area contributed by atoms with Crippen molar-refractivity contribution in [3.8, 4) is 11.6 Å². The number of para-hydroxylation sites is 2. The van der Waals surface area contributed by atoms with Crippen LogP contribution < -0.4 is 5.14 Å². The first-order valence-corrected chi connectivity index (χ1v) is 7.06. The maximum absolute atomic E-state index is 11.2. The lowest BCUT2D eigenvalue weighted by Crippen LogP contribution is -2.10. The van der Waals surface area contributed by atoms with Crippen LogP contribution in [-0.2, 0) is 17.1 Å². The summed E-state index contributed by atoms with van der Waals surface area (Å²) in [5.74, 6) is 0.916. The van der Waals surface area contributed by atoms with Gasteiger partial charge in [0.25, 0.3) is 10.0 Å². The number of primary sulfonamides is 1. The van der Waals surface area contributed by atoms with Crippen LogP contribution in [0.15, 0.2) is 45.9 Å². The highest BCUT2D eigenvalue weighted by Gasteiger charge is 2.17. The van der Waals surface area contributed by atoms with E-state index in [1.807, 2.05) is 35.9 Å². The van der Waals surface area contributed by atoms with Gasteiger partial charge in [0.2, 0.25) is 5.09 Å². The van der Waals surface area contributed by atoms with Crippen molar-refractivity contribution in [2.45, 2.75) is 5.09 Å². The maximum atomic E-state index is 11.2. The first-order chi connectivity index (χ1) is 8.97. The second kappa shape index (κ2) is 3.94. The van der Waals surface area contributed by atoms with Gasteiger partial charge in [0.05, 0.1) is 11.0 Å². The number of imidazole rings is 1. The Kier molecular flexibility index (Phi) is 2.48. The highest BCUT2D eigenvalue weighted by atomic mass is 32.2. The summed E-state index contributed by atoms with van der Waals surface area (Å²) < 4.78 is 29.5. The molecule has 98 valence electrons. The summed E-state index contributed by atoms with van der Waals surface area (Å²) >= 11 is 0. The van der Waals surface area contributed by atoms with Crippen molar-refractivity contribution in [1.82, 2.24) is 9.55 Å². The van der Waals surface area contributed by atoms with Crippen LogP contribution in [0.3, 0.4) is 0 Å². The van der Waals surface area contributed by atoms with Gasteiger partial charge in [-0.1, -0.05) is 12.1 Å². The van der Waals surface area contributed by atoms with Crippen LogP contribution in [0.2, 0.25) is 0 Å². The van der Waals surface area contributed by atoms with Crippen LogP contribution in [0.1, 0.15) is 0 Å². The molecule has 3 aromatic rings. The minimum atomic E-state index is -3.84. The van der Waals surface area contributed by atoms with E-state index in [9.17, 15) is 8.42 Å². The third kappa shape index (κ3) is 1.92. The first-order valence-electron chi connectivity index (χ1n) is 5.51. The van der Waals surface area contributed by atoms with E-state index in [0.29, 0.717) is 11.6 Å². The fraction of sp³-hybridized carbons (Fsp3) is 0.0833. The van der Waals surface area contributed by atoms with Crippen molar-refractivity contribution in [2.75, 3.05) is 0 Å². The molecule has 0 bridgehead atoms. The number of furan rings is 1. The lowest BCUT2D eigenvalue weighted by atomic mass is 10.3. The van der Waals surface area contributed by atoms with Crippen molar-refractivity contribution in [3.63, 3.8) is 0 Å². The zero-order valence-electron chi connectivity index (χ0n) is 10.1. The van der Waals surface area contributed by atoms with Gasteiger partial charge < -0.3 is 8.98 Å². The topological polar surface area (TPSA) is 91.1 Å². The van der Waals surface area contributed by atoms with Gasteiger partial charge in [0.15, 0.2) is 11.6 Å². The maximum Gasteiger partial charge on any atom is 0.271 e. The van der Waals surface area contributed by atoms with E-state index >= 15 is 0 Å². The minimum absolute atomic E-state index is 0.269. The normalized spacial score (nSPS) is 12.1. The Bertz CT molecular complexity index is 861. The Balaban J connectivity index is 2.20. The Hall–Kier alpha value is -2.12. The molecule has 2 N–H and O–H groups in total. The standard InChI is InChI=1S/C12H11N3O3S/c1-15-9-5-3-2-4-8(9)14-12(15)10-6-7-11(18-10)19(13,16)17/h2-7H,1H3,(H2,13,16,17). The molecular weight excluding hydrogens is 266 g/mol. The second-order valence-electron chi connectivity index (χ2n) is 4.15. The van der Waals surface area contributed by atoms with Gasteiger partial charge in [-0.3, -0.25) is 0 Å². The number of nitrogens with zero attached hydrogens (tertiary/aromatic N) is 2. The zero-order valence-corrected chi connectivity index (χ0v) is 10.9. The molecular formula is C12H11N3O3S. The number of rotatable bonds is 2. The molecule has 0 saturated heterocycles. The Labute approximate surface area is 109 Å². The van der Waals surface area contributed by atoms with Gasteiger partial charge >= 0.3 is 0 Å². The Morgan fingerprint density at radius 3 is 2.58 bits per heavy atom. The van der Waals surface area contributed by atoms with Crippen molar-refractivity contribution < 1.29 is 12.8 Å². The highest BCUT2D eigenvalue weighted by molar-refractivity contribution is 7.89. The van der Waals surface area contributed by atoms with Crippen molar-refractivity contribution in [1.29, 1.82) is 0 Å². The summed E-state index contributed by atoms with van der Waals surface area (Å²) in [7, 11) is -2.00. The number of benzene rings is 1. The van der Waals surface area contributed by atoms with Crippen LogP contribution in [0.4, 0.5) is 0 Å². The van der Waals surface area contributed by atoms with E-state index in [2.05, 4.69) is 4.98 Å². The van der Waals surface area contributed by atoms with Crippen LogP contribution in [0, 0.1) is 0 Å². The van der Waals surface area contributed by atoms with Crippen molar-refractivity contribution >= 4 is 21.1 Å². The quantitative estimate of drug-likeness (QED) is 0.768. The lowest BCUT2D eigenvalue weighted by molar-refractivity contribution is 0.458. The molecule has 7 heteroatoms. The fourth-order valence-electron chi connectivity index (χ4n) is 1.96. The van der Waals surface area contributed by atoms with Crippen molar-refractivity contribution in [2.24, 2.45) is 12.2 Å². The van der Waals surface area contributed by atoms with Gasteiger partial charge in [0, 0.05) is 7.05 Å². The third-order valence-corrected chi connectivity index (χ3v) is 3.65. The molecule has 0 aliphatic heterocycles. The molecule has 0 unspecified atom stereocenters. The van der Waals surface area contributed by atoms with Gasteiger partial charge in [-0.2, -0.15) is 0 Å². The summed E-state index contributed by atoms with van der Waals surface area (Å²) in [6.07, 6.45) is 0. The van der Waals surface area contributed by atoms with Crippen LogP contribution >= 0.6 is 0 Å². The predicted octanol–water partition coefficient (Wildman–Crippen LogP) is 1.48. The summed E-state index contributed by atoms with van der Waals surface area (Å²) in [4.78, 5) is 4.41.